The third-order valence-electron chi connectivity index (χ3n) is 11.6. The number of aromatic nitrogens is 2. The van der Waals surface area contributed by atoms with Gasteiger partial charge in [-0.3, -0.25) is 44.2 Å². The Bertz CT molecular complexity index is 2050. The quantitative estimate of drug-likeness (QED) is 0.271. The van der Waals surface area contributed by atoms with Crippen molar-refractivity contribution in [3.63, 3.8) is 0 Å². The highest BCUT2D eigenvalue weighted by Crippen LogP contribution is 2.36. The third kappa shape index (κ3) is 8.42. The summed E-state index contributed by atoms with van der Waals surface area (Å²) in [5.74, 6) is -1.57. The first-order valence-corrected chi connectivity index (χ1v) is 19.8. The second kappa shape index (κ2) is 16.1. The van der Waals surface area contributed by atoms with Gasteiger partial charge in [0.15, 0.2) is 5.82 Å². The first-order valence-electron chi connectivity index (χ1n) is 19.8. The number of fused-ring (bicyclic) bond motifs is 1. The van der Waals surface area contributed by atoms with Gasteiger partial charge in [0, 0.05) is 62.5 Å². The number of nitrogens with zero attached hydrogens (tertiary/aromatic N) is 5. The number of morpholine rings is 1. The number of carbonyl (C=O) groups is 6. The molecule has 3 N–H and O–H groups in total. The predicted molar refractivity (Wildman–Crippen MR) is 206 cm³/mol. The number of piperidine rings is 1. The molecule has 16 heteroatoms. The number of aromatic amines is 1. The van der Waals surface area contributed by atoms with Crippen molar-refractivity contribution in [2.24, 2.45) is 0 Å². The fraction of sp³-hybridized carbons (Fsp3) is 0.488. The van der Waals surface area contributed by atoms with Gasteiger partial charge in [0.05, 0.1) is 42.8 Å². The molecule has 300 valence electrons. The fourth-order valence-electron chi connectivity index (χ4n) is 8.70. The lowest BCUT2D eigenvalue weighted by molar-refractivity contribution is -0.136. The Morgan fingerprint density at radius 1 is 0.877 bits per heavy atom. The van der Waals surface area contributed by atoms with E-state index in [1.54, 1.807) is 17.0 Å². The van der Waals surface area contributed by atoms with Crippen LogP contribution in [0, 0.1) is 0 Å². The smallest absolute Gasteiger partial charge is 0.410 e. The number of ether oxygens (including phenoxy) is 2. The minimum atomic E-state index is -0.989. The molecular weight excluding hydrogens is 732 g/mol. The molecular formula is C41H48N8O8. The number of H-pyrrole nitrogens is 1. The van der Waals surface area contributed by atoms with E-state index in [9.17, 15) is 28.8 Å². The second-order valence-corrected chi connectivity index (χ2v) is 15.9. The SMILES string of the molecule is C[C@@H]1CN(C(=O)O[C@@H]2CC[C@H](c3cc(NC(=O)Cc4ccc(CN5CCN(c6ccc7c(c6)C(=O)N(C6CCC(=O)NC6=O)C7=O)CC5)cc4)n[nH]3)C2)C[C@H](C)O1. The van der Waals surface area contributed by atoms with Gasteiger partial charge in [0.1, 0.15) is 12.1 Å². The Morgan fingerprint density at radius 3 is 2.33 bits per heavy atom. The molecule has 5 heterocycles. The number of nitrogens with one attached hydrogen (secondary N) is 3. The van der Waals surface area contributed by atoms with Crippen molar-refractivity contribution >= 4 is 47.1 Å². The van der Waals surface area contributed by atoms with Crippen molar-refractivity contribution in [1.29, 1.82) is 0 Å². The van der Waals surface area contributed by atoms with Crippen LogP contribution in [-0.2, 0) is 36.8 Å². The van der Waals surface area contributed by atoms with E-state index < -0.39 is 29.7 Å². The van der Waals surface area contributed by atoms with Crippen LogP contribution in [0.4, 0.5) is 16.3 Å². The van der Waals surface area contributed by atoms with Crippen LogP contribution in [0.5, 0.6) is 0 Å². The standard InChI is InChI=1S/C41H48N8O8/c1-24-21-48(22-25(2)56-24)41(55)57-30-9-7-28(18-30)33-20-35(45-44-33)42-37(51)17-26-3-5-27(6-4-26)23-46-13-15-47(16-14-46)29-8-10-31-32(19-29)40(54)49(39(31)53)34-11-12-36(50)43-38(34)52/h3-6,8,10,19-20,24-25,28,30,34H,7,9,11-18,21-23H2,1-2H3,(H,43,50,52)(H2,42,44,45,51)/t24-,25+,28-,30+,34?/m0/s1. The lowest BCUT2D eigenvalue weighted by Gasteiger charge is -2.36. The molecule has 1 aromatic heterocycles. The van der Waals surface area contributed by atoms with Crippen LogP contribution < -0.4 is 15.5 Å². The van der Waals surface area contributed by atoms with Crippen molar-refractivity contribution in [2.75, 3.05) is 49.5 Å². The van der Waals surface area contributed by atoms with Gasteiger partial charge in [-0.15, -0.1) is 0 Å². The number of piperazine rings is 1. The maximum Gasteiger partial charge on any atom is 0.410 e. The van der Waals surface area contributed by atoms with E-state index in [1.165, 1.54) is 0 Å². The van der Waals surface area contributed by atoms with E-state index in [1.807, 2.05) is 50.2 Å². The Balaban J connectivity index is 0.771. The van der Waals surface area contributed by atoms with Gasteiger partial charge in [-0.25, -0.2) is 4.79 Å². The molecule has 3 saturated heterocycles. The number of imide groups is 2. The van der Waals surface area contributed by atoms with Crippen LogP contribution in [0.3, 0.4) is 0 Å². The summed E-state index contributed by atoms with van der Waals surface area (Å²) in [6.45, 7) is 8.77. The average molecular weight is 781 g/mol. The zero-order chi connectivity index (χ0) is 39.8. The van der Waals surface area contributed by atoms with Crippen molar-refractivity contribution in [3.8, 4) is 0 Å². The molecule has 1 unspecified atom stereocenters. The van der Waals surface area contributed by atoms with E-state index >= 15 is 0 Å². The van der Waals surface area contributed by atoms with Gasteiger partial charge in [0.25, 0.3) is 11.8 Å². The van der Waals surface area contributed by atoms with Gasteiger partial charge < -0.3 is 24.6 Å². The number of hydrogen-bond donors (Lipinski definition) is 3. The molecule has 1 saturated carbocycles. The molecule has 4 fully saturated rings. The number of benzene rings is 2. The third-order valence-corrected chi connectivity index (χ3v) is 11.6. The molecule has 0 spiro atoms. The van der Waals surface area contributed by atoms with Crippen LogP contribution in [0.25, 0.3) is 0 Å². The largest absolute Gasteiger partial charge is 0.446 e. The van der Waals surface area contributed by atoms with Crippen molar-refractivity contribution < 1.29 is 38.2 Å². The van der Waals surface area contributed by atoms with E-state index in [-0.39, 0.29) is 66.6 Å². The summed E-state index contributed by atoms with van der Waals surface area (Å²) in [5.41, 5.74) is 4.33. The highest BCUT2D eigenvalue weighted by Gasteiger charge is 2.45. The molecule has 1 aliphatic carbocycles. The zero-order valence-corrected chi connectivity index (χ0v) is 32.2. The molecule has 6 amide bonds. The highest BCUT2D eigenvalue weighted by molar-refractivity contribution is 6.23. The molecule has 4 aliphatic heterocycles. The summed E-state index contributed by atoms with van der Waals surface area (Å²) in [4.78, 5) is 83.3. The molecule has 0 radical (unpaired) electrons. The van der Waals surface area contributed by atoms with Gasteiger partial charge in [-0.2, -0.15) is 5.10 Å². The van der Waals surface area contributed by atoms with Gasteiger partial charge in [0.2, 0.25) is 17.7 Å². The molecule has 8 rings (SSSR count). The predicted octanol–water partition coefficient (Wildman–Crippen LogP) is 3.20. The van der Waals surface area contributed by atoms with E-state index in [0.29, 0.717) is 25.3 Å². The molecule has 16 nitrogen and oxygen atoms in total. The van der Waals surface area contributed by atoms with Gasteiger partial charge >= 0.3 is 6.09 Å². The van der Waals surface area contributed by atoms with Crippen LogP contribution >= 0.6 is 0 Å². The number of amides is 6. The maximum atomic E-state index is 13.3. The van der Waals surface area contributed by atoms with E-state index in [2.05, 4.69) is 30.6 Å². The number of hydrogen-bond acceptors (Lipinski definition) is 11. The van der Waals surface area contributed by atoms with E-state index in [0.717, 1.165) is 73.0 Å². The lowest BCUT2D eigenvalue weighted by Crippen LogP contribution is -2.54. The minimum absolute atomic E-state index is 0.0161. The summed E-state index contributed by atoms with van der Waals surface area (Å²) < 4.78 is 11.6. The van der Waals surface area contributed by atoms with Crippen LogP contribution in [0.1, 0.15) is 89.4 Å². The topological polar surface area (TPSA) is 187 Å². The molecule has 57 heavy (non-hydrogen) atoms. The molecule has 0 bridgehead atoms. The Kier molecular flexibility index (Phi) is 10.8. The van der Waals surface area contributed by atoms with Crippen LogP contribution in [-0.4, -0.2) is 124 Å². The first-order chi connectivity index (χ1) is 27.5. The molecule has 2 aromatic carbocycles. The monoisotopic (exact) mass is 780 g/mol. The second-order valence-electron chi connectivity index (χ2n) is 15.9. The summed E-state index contributed by atoms with van der Waals surface area (Å²) in [5, 5.41) is 12.5. The Morgan fingerprint density at radius 2 is 1.60 bits per heavy atom. The number of carbonyl (C=O) groups excluding carboxylic acids is 6. The average Bonchev–Trinajstić information content (AvgIpc) is 3.91. The first kappa shape index (κ1) is 38.3. The molecule has 5 aliphatic rings. The van der Waals surface area contributed by atoms with E-state index in [4.69, 9.17) is 9.47 Å². The summed E-state index contributed by atoms with van der Waals surface area (Å²) >= 11 is 0. The van der Waals surface area contributed by atoms with Crippen molar-refractivity contribution in [1.82, 2.24) is 30.2 Å². The Hall–Kier alpha value is -5.61. The normalized spacial score (nSPS) is 25.4. The maximum absolute atomic E-state index is 13.3. The number of anilines is 2. The van der Waals surface area contributed by atoms with Crippen LogP contribution in [0.2, 0.25) is 0 Å². The van der Waals surface area contributed by atoms with Gasteiger partial charge in [-0.1, -0.05) is 24.3 Å². The minimum Gasteiger partial charge on any atom is -0.446 e. The van der Waals surface area contributed by atoms with Crippen molar-refractivity contribution in [3.05, 3.63) is 76.5 Å². The number of rotatable bonds is 9. The summed E-state index contributed by atoms with van der Waals surface area (Å²) in [6, 6.07) is 14.1. The fourth-order valence-corrected chi connectivity index (χ4v) is 8.70. The summed E-state index contributed by atoms with van der Waals surface area (Å²) in [6.07, 6.45) is 2.27. The van der Waals surface area contributed by atoms with Crippen molar-refractivity contribution in [2.45, 2.75) is 89.2 Å². The molecule has 3 aromatic rings. The van der Waals surface area contributed by atoms with Gasteiger partial charge in [-0.05, 0) is 68.9 Å². The Labute approximate surface area is 330 Å². The molecule has 5 atom stereocenters. The lowest BCUT2D eigenvalue weighted by atomic mass is 10.0. The highest BCUT2D eigenvalue weighted by atomic mass is 16.6. The van der Waals surface area contributed by atoms with Crippen LogP contribution in [0.15, 0.2) is 48.5 Å². The summed E-state index contributed by atoms with van der Waals surface area (Å²) in [7, 11) is 0. The zero-order valence-electron chi connectivity index (χ0n) is 32.2.